The summed E-state index contributed by atoms with van der Waals surface area (Å²) in [4.78, 5) is 13.7. The number of H-pyrrole nitrogens is 1. The van der Waals surface area contributed by atoms with E-state index in [0.29, 0.717) is 17.0 Å². The predicted molar refractivity (Wildman–Crippen MR) is 74.5 cm³/mol. The van der Waals surface area contributed by atoms with Crippen molar-refractivity contribution in [1.82, 2.24) is 15.2 Å². The number of nitrogens with zero attached hydrogens (tertiary/aromatic N) is 3. The maximum absolute atomic E-state index is 12.3. The molecule has 0 fully saturated rings. The van der Waals surface area contributed by atoms with Crippen LogP contribution in [0.2, 0.25) is 0 Å². The molecule has 0 aliphatic rings. The van der Waals surface area contributed by atoms with Crippen molar-refractivity contribution in [1.29, 1.82) is 0 Å². The fraction of sp³-hybridized carbons (Fsp3) is 0.273. The summed E-state index contributed by atoms with van der Waals surface area (Å²) in [6.45, 7) is 4.95. The van der Waals surface area contributed by atoms with Crippen molar-refractivity contribution in [3.05, 3.63) is 39.2 Å². The number of benzene rings is 1. The minimum Gasteiger partial charge on any atom is -0.261 e. The van der Waals surface area contributed by atoms with Crippen LogP contribution in [0.3, 0.4) is 0 Å². The Hall–Kier alpha value is -2.49. The number of aryl methyl sites for hydroxylation is 3. The number of rotatable bonds is 4. The van der Waals surface area contributed by atoms with Crippen molar-refractivity contribution in [2.75, 3.05) is 4.72 Å². The largest absolute Gasteiger partial charge is 0.290 e. The number of sulfonamides is 1. The van der Waals surface area contributed by atoms with Gasteiger partial charge in [-0.1, -0.05) is 0 Å². The SMILES string of the molecule is Cc1nc(NS(=O)(=O)c2cc(C)c(C)cc2[N+](=O)[O-])n[nH]1. The van der Waals surface area contributed by atoms with Gasteiger partial charge in [-0.05, 0) is 38.0 Å². The van der Waals surface area contributed by atoms with Crippen LogP contribution < -0.4 is 4.72 Å². The molecular weight excluding hydrogens is 298 g/mol. The van der Waals surface area contributed by atoms with Gasteiger partial charge in [-0.2, -0.15) is 4.98 Å². The van der Waals surface area contributed by atoms with Crippen molar-refractivity contribution in [2.45, 2.75) is 25.7 Å². The molecule has 112 valence electrons. The Balaban J connectivity index is 2.53. The fourth-order valence-corrected chi connectivity index (χ4v) is 2.88. The Morgan fingerprint density at radius 3 is 2.38 bits per heavy atom. The van der Waals surface area contributed by atoms with Gasteiger partial charge in [0.05, 0.1) is 4.92 Å². The van der Waals surface area contributed by atoms with Crippen LogP contribution in [0.25, 0.3) is 0 Å². The van der Waals surface area contributed by atoms with Gasteiger partial charge in [0.1, 0.15) is 5.82 Å². The van der Waals surface area contributed by atoms with Crippen molar-refractivity contribution in [3.63, 3.8) is 0 Å². The van der Waals surface area contributed by atoms with E-state index in [0.717, 1.165) is 0 Å². The maximum atomic E-state index is 12.3. The van der Waals surface area contributed by atoms with Crippen LogP contribution in [0.4, 0.5) is 11.6 Å². The highest BCUT2D eigenvalue weighted by Crippen LogP contribution is 2.28. The molecule has 0 spiro atoms. The van der Waals surface area contributed by atoms with Gasteiger partial charge in [-0.3, -0.25) is 15.2 Å². The van der Waals surface area contributed by atoms with Crippen molar-refractivity contribution >= 4 is 21.7 Å². The molecule has 1 aromatic heterocycles. The number of nitrogens with one attached hydrogen (secondary N) is 2. The summed E-state index contributed by atoms with van der Waals surface area (Å²) in [5.41, 5.74) is 0.777. The average Bonchev–Trinajstić information content (AvgIpc) is 2.76. The molecule has 21 heavy (non-hydrogen) atoms. The Labute approximate surface area is 120 Å². The van der Waals surface area contributed by atoms with Gasteiger partial charge < -0.3 is 0 Å². The lowest BCUT2D eigenvalue weighted by Crippen LogP contribution is -2.16. The molecule has 0 amide bonds. The van der Waals surface area contributed by atoms with Gasteiger partial charge in [0.2, 0.25) is 0 Å². The minimum atomic E-state index is -4.15. The first-order valence-electron chi connectivity index (χ1n) is 5.88. The second kappa shape index (κ2) is 5.13. The second-order valence-electron chi connectivity index (χ2n) is 4.51. The van der Waals surface area contributed by atoms with E-state index < -0.39 is 25.5 Å². The lowest BCUT2D eigenvalue weighted by molar-refractivity contribution is -0.387. The van der Waals surface area contributed by atoms with Gasteiger partial charge >= 0.3 is 0 Å². The number of aromatic amines is 1. The molecule has 1 heterocycles. The molecule has 0 unspecified atom stereocenters. The Morgan fingerprint density at radius 1 is 1.24 bits per heavy atom. The van der Waals surface area contributed by atoms with E-state index in [9.17, 15) is 18.5 Å². The number of hydrogen-bond acceptors (Lipinski definition) is 6. The molecule has 2 N–H and O–H groups in total. The van der Waals surface area contributed by atoms with Gasteiger partial charge in [0.25, 0.3) is 21.7 Å². The zero-order valence-corrected chi connectivity index (χ0v) is 12.4. The van der Waals surface area contributed by atoms with Crippen LogP contribution in [0, 0.1) is 30.9 Å². The van der Waals surface area contributed by atoms with Crippen LogP contribution in [0.1, 0.15) is 17.0 Å². The predicted octanol–water partition coefficient (Wildman–Crippen LogP) is 1.44. The van der Waals surface area contributed by atoms with E-state index in [1.54, 1.807) is 20.8 Å². The number of hydrogen-bond donors (Lipinski definition) is 2. The van der Waals surface area contributed by atoms with E-state index in [2.05, 4.69) is 19.9 Å². The Morgan fingerprint density at radius 2 is 1.86 bits per heavy atom. The molecule has 0 saturated carbocycles. The van der Waals surface area contributed by atoms with Crippen molar-refractivity contribution in [3.8, 4) is 0 Å². The third-order valence-electron chi connectivity index (χ3n) is 2.88. The molecule has 0 saturated heterocycles. The molecular formula is C11H13N5O4S. The van der Waals surface area contributed by atoms with Crippen molar-refractivity contribution in [2.24, 2.45) is 0 Å². The first-order valence-corrected chi connectivity index (χ1v) is 7.36. The summed E-state index contributed by atoms with van der Waals surface area (Å²) in [5, 5.41) is 17.2. The van der Waals surface area contributed by atoms with Gasteiger partial charge in [0.15, 0.2) is 4.90 Å². The molecule has 10 heteroatoms. The number of nitro benzene ring substituents is 1. The summed E-state index contributed by atoms with van der Waals surface area (Å²) in [6, 6.07) is 2.49. The van der Waals surface area contributed by atoms with Gasteiger partial charge in [-0.15, -0.1) is 5.10 Å². The molecule has 0 atom stereocenters. The van der Waals surface area contributed by atoms with Crippen molar-refractivity contribution < 1.29 is 13.3 Å². The summed E-state index contributed by atoms with van der Waals surface area (Å²) < 4.78 is 26.7. The topological polar surface area (TPSA) is 131 Å². The van der Waals surface area contributed by atoms with Gasteiger partial charge in [0, 0.05) is 6.07 Å². The quantitative estimate of drug-likeness (QED) is 0.648. The molecule has 1 aromatic carbocycles. The van der Waals surface area contributed by atoms with Crippen LogP contribution in [0.15, 0.2) is 17.0 Å². The molecule has 0 aliphatic carbocycles. The lowest BCUT2D eigenvalue weighted by atomic mass is 10.1. The smallest absolute Gasteiger partial charge is 0.261 e. The second-order valence-corrected chi connectivity index (χ2v) is 6.16. The normalized spacial score (nSPS) is 11.4. The van der Waals surface area contributed by atoms with Gasteiger partial charge in [-0.25, -0.2) is 13.1 Å². The van der Waals surface area contributed by atoms with E-state index in [4.69, 9.17) is 0 Å². The number of anilines is 1. The van der Waals surface area contributed by atoms with E-state index in [1.165, 1.54) is 12.1 Å². The third-order valence-corrected chi connectivity index (χ3v) is 4.24. The van der Waals surface area contributed by atoms with E-state index in [-0.39, 0.29) is 5.95 Å². The highest BCUT2D eigenvalue weighted by Gasteiger charge is 2.27. The Kier molecular flexibility index (Phi) is 3.64. The monoisotopic (exact) mass is 311 g/mol. The first-order chi connectivity index (χ1) is 9.70. The minimum absolute atomic E-state index is 0.167. The molecule has 2 aromatic rings. The Bertz CT molecular complexity index is 812. The third kappa shape index (κ3) is 2.99. The highest BCUT2D eigenvalue weighted by atomic mass is 32.2. The van der Waals surface area contributed by atoms with Crippen LogP contribution in [-0.4, -0.2) is 28.5 Å². The molecule has 0 radical (unpaired) electrons. The van der Waals surface area contributed by atoms with Crippen LogP contribution >= 0.6 is 0 Å². The maximum Gasteiger partial charge on any atom is 0.290 e. The zero-order chi connectivity index (χ0) is 15.8. The average molecular weight is 311 g/mol. The number of aromatic nitrogens is 3. The summed E-state index contributed by atoms with van der Waals surface area (Å²) in [6.07, 6.45) is 0. The molecule has 9 nitrogen and oxygen atoms in total. The fourth-order valence-electron chi connectivity index (χ4n) is 1.70. The zero-order valence-electron chi connectivity index (χ0n) is 11.5. The summed E-state index contributed by atoms with van der Waals surface area (Å²) in [5.74, 6) is 0.252. The lowest BCUT2D eigenvalue weighted by Gasteiger charge is -2.08. The van der Waals surface area contributed by atoms with Crippen LogP contribution in [0.5, 0.6) is 0 Å². The summed E-state index contributed by atoms with van der Waals surface area (Å²) >= 11 is 0. The molecule has 2 rings (SSSR count). The first kappa shape index (κ1) is 14.9. The van der Waals surface area contributed by atoms with E-state index in [1.807, 2.05) is 0 Å². The summed E-state index contributed by atoms with van der Waals surface area (Å²) in [7, 11) is -4.15. The van der Waals surface area contributed by atoms with E-state index >= 15 is 0 Å². The van der Waals surface area contributed by atoms with Crippen LogP contribution in [-0.2, 0) is 10.0 Å². The number of nitro groups is 1. The highest BCUT2D eigenvalue weighted by molar-refractivity contribution is 7.92. The standard InChI is InChI=1S/C11H13N5O4S/c1-6-4-9(16(17)18)10(5-7(6)2)21(19,20)15-11-12-8(3)13-14-11/h4-5H,1-3H3,(H2,12,13,14,15). The molecule has 0 aliphatic heterocycles. The molecule has 0 bridgehead atoms.